The van der Waals surface area contributed by atoms with Crippen molar-refractivity contribution in [2.24, 2.45) is 11.8 Å². The summed E-state index contributed by atoms with van der Waals surface area (Å²) in [5.74, 6) is 1.64. The van der Waals surface area contributed by atoms with E-state index in [9.17, 15) is 0 Å². The zero-order valence-corrected chi connectivity index (χ0v) is 11.0. The summed E-state index contributed by atoms with van der Waals surface area (Å²) in [5.41, 5.74) is 3.32. The molecule has 1 aromatic heterocycles. The Kier molecular flexibility index (Phi) is 2.14. The first-order chi connectivity index (χ1) is 8.42. The van der Waals surface area contributed by atoms with Crippen molar-refractivity contribution < 1.29 is 0 Å². The topological polar surface area (TPSA) is 37.8 Å². The summed E-state index contributed by atoms with van der Waals surface area (Å²) >= 11 is 0.0650. The number of aromatic nitrogens is 2. The van der Waals surface area contributed by atoms with Crippen molar-refractivity contribution in [2.75, 3.05) is 5.32 Å². The molecule has 4 rings (SSSR count). The van der Waals surface area contributed by atoms with Crippen LogP contribution < -0.4 is 5.32 Å². The molecule has 86 valence electrons. The van der Waals surface area contributed by atoms with Gasteiger partial charge < -0.3 is 0 Å². The molecule has 1 heterocycles. The molecular weight excluding hydrogens is 277 g/mol. The van der Waals surface area contributed by atoms with Crippen molar-refractivity contribution in [2.45, 2.75) is 18.9 Å². The van der Waals surface area contributed by atoms with Crippen LogP contribution in [0, 0.1) is 11.8 Å². The Labute approximate surface area is 106 Å². The SMILES string of the molecule is C1=CC2C(C1)CC2Nc1cccc2n[se]nc12. The second-order valence-corrected chi connectivity index (χ2v) is 6.03. The monoisotopic (exact) mass is 291 g/mol. The van der Waals surface area contributed by atoms with Crippen LogP contribution >= 0.6 is 0 Å². The molecule has 0 aliphatic heterocycles. The minimum absolute atomic E-state index is 0.0650. The average molecular weight is 290 g/mol. The predicted octanol–water partition coefficient (Wildman–Crippen LogP) is 2.06. The van der Waals surface area contributed by atoms with Gasteiger partial charge in [-0.05, 0) is 0 Å². The molecule has 0 bridgehead atoms. The van der Waals surface area contributed by atoms with E-state index in [0.717, 1.165) is 22.9 Å². The summed E-state index contributed by atoms with van der Waals surface area (Å²) in [6.45, 7) is 0. The second kappa shape index (κ2) is 3.69. The van der Waals surface area contributed by atoms with E-state index in [1.165, 1.54) is 18.5 Å². The van der Waals surface area contributed by atoms with Crippen molar-refractivity contribution in [3.63, 3.8) is 0 Å². The molecule has 0 saturated heterocycles. The van der Waals surface area contributed by atoms with Crippen molar-refractivity contribution in [3.05, 3.63) is 30.4 Å². The van der Waals surface area contributed by atoms with E-state index in [-0.39, 0.29) is 15.0 Å². The Morgan fingerprint density at radius 1 is 1.29 bits per heavy atom. The number of hydrogen-bond acceptors (Lipinski definition) is 3. The van der Waals surface area contributed by atoms with Crippen LogP contribution in [0.5, 0.6) is 0 Å². The van der Waals surface area contributed by atoms with E-state index in [1.807, 2.05) is 0 Å². The molecule has 1 fully saturated rings. The van der Waals surface area contributed by atoms with Gasteiger partial charge in [-0.3, -0.25) is 0 Å². The second-order valence-electron chi connectivity index (χ2n) is 4.93. The number of allylic oxidation sites excluding steroid dienone is 1. The first-order valence-corrected chi connectivity index (χ1v) is 7.59. The van der Waals surface area contributed by atoms with Crippen LogP contribution in [-0.2, 0) is 0 Å². The minimum atomic E-state index is 0.0650. The van der Waals surface area contributed by atoms with Crippen LogP contribution in [0.15, 0.2) is 30.4 Å². The Balaban J connectivity index is 1.63. The average Bonchev–Trinajstić information content (AvgIpc) is 2.92. The quantitative estimate of drug-likeness (QED) is 0.679. The van der Waals surface area contributed by atoms with E-state index in [4.69, 9.17) is 0 Å². The van der Waals surface area contributed by atoms with Gasteiger partial charge in [0.1, 0.15) is 0 Å². The number of hydrogen-bond donors (Lipinski definition) is 1. The Morgan fingerprint density at radius 2 is 2.29 bits per heavy atom. The van der Waals surface area contributed by atoms with Crippen molar-refractivity contribution in [3.8, 4) is 0 Å². The third kappa shape index (κ3) is 1.48. The summed E-state index contributed by atoms with van der Waals surface area (Å²) in [5, 5.41) is 3.66. The predicted molar refractivity (Wildman–Crippen MR) is 69.2 cm³/mol. The first-order valence-electron chi connectivity index (χ1n) is 6.06. The van der Waals surface area contributed by atoms with E-state index in [2.05, 4.69) is 43.6 Å². The van der Waals surface area contributed by atoms with Crippen molar-refractivity contribution in [1.82, 2.24) is 7.96 Å². The van der Waals surface area contributed by atoms with Crippen LogP contribution in [0.4, 0.5) is 5.69 Å². The summed E-state index contributed by atoms with van der Waals surface area (Å²) in [4.78, 5) is 0. The van der Waals surface area contributed by atoms with Gasteiger partial charge in [-0.25, -0.2) is 0 Å². The van der Waals surface area contributed by atoms with Gasteiger partial charge in [0.2, 0.25) is 0 Å². The zero-order valence-electron chi connectivity index (χ0n) is 9.34. The van der Waals surface area contributed by atoms with Gasteiger partial charge in [0.15, 0.2) is 0 Å². The fraction of sp³-hybridized carbons (Fsp3) is 0.385. The van der Waals surface area contributed by atoms with Gasteiger partial charge in [0.25, 0.3) is 0 Å². The molecular formula is C13H13N3Se. The Morgan fingerprint density at radius 3 is 3.24 bits per heavy atom. The van der Waals surface area contributed by atoms with Gasteiger partial charge in [-0.1, -0.05) is 0 Å². The van der Waals surface area contributed by atoms with Crippen LogP contribution in [0.2, 0.25) is 0 Å². The number of nitrogens with one attached hydrogen (secondary N) is 1. The third-order valence-corrected chi connectivity index (χ3v) is 5.13. The van der Waals surface area contributed by atoms with Crippen molar-refractivity contribution >= 4 is 31.7 Å². The van der Waals surface area contributed by atoms with E-state index < -0.39 is 0 Å². The molecule has 17 heavy (non-hydrogen) atoms. The van der Waals surface area contributed by atoms with Gasteiger partial charge in [-0.15, -0.1) is 0 Å². The number of rotatable bonds is 2. The molecule has 0 radical (unpaired) electrons. The van der Waals surface area contributed by atoms with E-state index in [1.54, 1.807) is 0 Å². The summed E-state index contributed by atoms with van der Waals surface area (Å²) in [6.07, 6.45) is 7.28. The number of fused-ring (bicyclic) bond motifs is 2. The third-order valence-electron chi connectivity index (χ3n) is 3.99. The van der Waals surface area contributed by atoms with Gasteiger partial charge in [0, 0.05) is 0 Å². The van der Waals surface area contributed by atoms with E-state index >= 15 is 0 Å². The van der Waals surface area contributed by atoms with Gasteiger partial charge in [-0.2, -0.15) is 0 Å². The standard InChI is InChI=1S/C13H13N3Se/c1-3-8-7-12(9(8)4-1)14-10-5-2-6-11-13(10)16-17-15-11/h1-2,4-6,8-9,12,14H,3,7H2. The molecule has 1 N–H and O–H groups in total. The molecule has 2 aliphatic carbocycles. The van der Waals surface area contributed by atoms with Crippen LogP contribution in [0.1, 0.15) is 12.8 Å². The van der Waals surface area contributed by atoms with Crippen LogP contribution in [0.25, 0.3) is 11.0 Å². The number of benzene rings is 1. The van der Waals surface area contributed by atoms with E-state index in [0.29, 0.717) is 6.04 Å². The van der Waals surface area contributed by atoms with Crippen LogP contribution in [0.3, 0.4) is 0 Å². The number of nitrogens with zero attached hydrogens (tertiary/aromatic N) is 2. The molecule has 3 atom stereocenters. The Bertz CT molecular complexity index is 589. The van der Waals surface area contributed by atoms with Crippen LogP contribution in [-0.4, -0.2) is 29.0 Å². The molecule has 4 heteroatoms. The molecule has 2 aliphatic rings. The zero-order chi connectivity index (χ0) is 11.2. The maximum absolute atomic E-state index is 4.51. The molecule has 3 nitrogen and oxygen atoms in total. The first kappa shape index (κ1) is 9.86. The molecule has 1 saturated carbocycles. The summed E-state index contributed by atoms with van der Waals surface area (Å²) in [6, 6.07) is 6.86. The molecule has 0 spiro atoms. The molecule has 2 aromatic rings. The molecule has 3 unspecified atom stereocenters. The number of anilines is 1. The van der Waals surface area contributed by atoms with Gasteiger partial charge >= 0.3 is 106 Å². The maximum atomic E-state index is 4.51. The normalized spacial score (nSPS) is 30.2. The van der Waals surface area contributed by atoms with Gasteiger partial charge in [0.05, 0.1) is 0 Å². The summed E-state index contributed by atoms with van der Waals surface area (Å²) < 4.78 is 8.93. The Hall–Kier alpha value is -1.12. The van der Waals surface area contributed by atoms with Crippen molar-refractivity contribution in [1.29, 1.82) is 0 Å². The fourth-order valence-corrected chi connectivity index (χ4v) is 4.16. The molecule has 1 aromatic carbocycles. The fourth-order valence-electron chi connectivity index (χ4n) is 3.01. The molecule has 0 amide bonds. The summed E-state index contributed by atoms with van der Waals surface area (Å²) in [7, 11) is 0.